The van der Waals surface area contributed by atoms with Gasteiger partial charge in [0.25, 0.3) is 5.91 Å². The van der Waals surface area contributed by atoms with E-state index in [1.165, 1.54) is 0 Å². The lowest BCUT2D eigenvalue weighted by atomic mass is 10.1. The second kappa shape index (κ2) is 8.03. The molecule has 0 spiro atoms. The van der Waals surface area contributed by atoms with Crippen molar-refractivity contribution in [3.05, 3.63) is 77.9 Å². The van der Waals surface area contributed by atoms with Gasteiger partial charge in [-0.1, -0.05) is 31.2 Å². The van der Waals surface area contributed by atoms with E-state index in [0.717, 1.165) is 34.3 Å². The molecule has 0 saturated carbocycles. The number of nitrogens with one attached hydrogen (secondary N) is 1. The van der Waals surface area contributed by atoms with Gasteiger partial charge >= 0.3 is 0 Å². The fourth-order valence-electron chi connectivity index (χ4n) is 2.57. The number of hydrogen-bond acceptors (Lipinski definition) is 3. The number of carbonyl (C=O) groups is 1. The molecule has 0 aliphatic carbocycles. The lowest BCUT2D eigenvalue weighted by Crippen LogP contribution is -2.12. The molecule has 25 heavy (non-hydrogen) atoms. The van der Waals surface area contributed by atoms with Gasteiger partial charge in [-0.05, 0) is 42.5 Å². The Bertz CT molecular complexity index is 855. The molecular formula is C20H21N3OS. The predicted molar refractivity (Wildman–Crippen MR) is 103 cm³/mol. The van der Waals surface area contributed by atoms with Crippen molar-refractivity contribution in [2.45, 2.75) is 25.3 Å². The number of amides is 1. The first-order chi connectivity index (χ1) is 12.2. The van der Waals surface area contributed by atoms with Crippen LogP contribution in [0.2, 0.25) is 0 Å². The second-order valence-electron chi connectivity index (χ2n) is 5.68. The molecule has 1 N–H and O–H groups in total. The molecule has 1 aromatic heterocycles. The lowest BCUT2D eigenvalue weighted by Gasteiger charge is -2.11. The lowest BCUT2D eigenvalue weighted by molar-refractivity contribution is 0.102. The molecule has 4 nitrogen and oxygen atoms in total. The van der Waals surface area contributed by atoms with Crippen LogP contribution in [-0.4, -0.2) is 21.2 Å². The minimum absolute atomic E-state index is 0.0884. The molecule has 0 aliphatic rings. The van der Waals surface area contributed by atoms with Gasteiger partial charge in [-0.15, -0.1) is 11.8 Å². The van der Waals surface area contributed by atoms with E-state index in [2.05, 4.69) is 21.8 Å². The highest BCUT2D eigenvalue weighted by Gasteiger charge is 2.09. The van der Waals surface area contributed by atoms with Gasteiger partial charge in [-0.25, -0.2) is 4.98 Å². The number of carbonyl (C=O) groups excluding carboxylic acids is 1. The molecule has 0 radical (unpaired) electrons. The molecule has 128 valence electrons. The average Bonchev–Trinajstić information content (AvgIpc) is 3.02. The molecule has 0 fully saturated rings. The number of benzene rings is 2. The van der Waals surface area contributed by atoms with Crippen molar-refractivity contribution in [2.24, 2.45) is 0 Å². The molecular weight excluding hydrogens is 330 g/mol. The number of nitrogens with zero attached hydrogens (tertiary/aromatic N) is 2. The van der Waals surface area contributed by atoms with Crippen molar-refractivity contribution >= 4 is 23.4 Å². The Labute approximate surface area is 152 Å². The number of anilines is 1. The summed E-state index contributed by atoms with van der Waals surface area (Å²) in [6.07, 6.45) is 3.75. The van der Waals surface area contributed by atoms with E-state index in [1.807, 2.05) is 61.7 Å². The third-order valence-corrected chi connectivity index (χ3v) is 4.88. The number of hydrogen-bond donors (Lipinski definition) is 1. The van der Waals surface area contributed by atoms with Gasteiger partial charge in [-0.3, -0.25) is 4.79 Å². The summed E-state index contributed by atoms with van der Waals surface area (Å²) in [5, 5.41) is 3.01. The highest BCUT2D eigenvalue weighted by molar-refractivity contribution is 7.99. The maximum Gasteiger partial charge on any atom is 0.255 e. The molecule has 0 unspecified atom stereocenters. The zero-order chi connectivity index (χ0) is 17.6. The summed E-state index contributed by atoms with van der Waals surface area (Å²) in [5.74, 6) is 1.86. The SMILES string of the molecule is CCSc1ccccc1NC(=O)c1ccc(Cn2ccnc2C)cc1. The molecule has 1 heterocycles. The summed E-state index contributed by atoms with van der Waals surface area (Å²) in [6.45, 7) is 4.83. The van der Waals surface area contributed by atoms with Crippen molar-refractivity contribution in [3.63, 3.8) is 0 Å². The highest BCUT2D eigenvalue weighted by atomic mass is 32.2. The van der Waals surface area contributed by atoms with Crippen LogP contribution in [0.15, 0.2) is 65.8 Å². The van der Waals surface area contributed by atoms with Crippen molar-refractivity contribution in [2.75, 3.05) is 11.1 Å². The molecule has 1 amide bonds. The van der Waals surface area contributed by atoms with Crippen LogP contribution in [-0.2, 0) is 6.54 Å². The third kappa shape index (κ3) is 4.31. The number of aryl methyl sites for hydroxylation is 1. The van der Waals surface area contributed by atoms with Crippen molar-refractivity contribution in [3.8, 4) is 0 Å². The van der Waals surface area contributed by atoms with Crippen molar-refractivity contribution in [1.29, 1.82) is 0 Å². The number of rotatable bonds is 6. The van der Waals surface area contributed by atoms with Crippen LogP contribution in [0.25, 0.3) is 0 Å². The minimum atomic E-state index is -0.0884. The molecule has 2 aromatic carbocycles. The summed E-state index contributed by atoms with van der Waals surface area (Å²) >= 11 is 1.72. The van der Waals surface area contributed by atoms with Crippen LogP contribution in [0.4, 0.5) is 5.69 Å². The minimum Gasteiger partial charge on any atom is -0.331 e. The summed E-state index contributed by atoms with van der Waals surface area (Å²) in [6, 6.07) is 15.6. The monoisotopic (exact) mass is 351 g/mol. The van der Waals surface area contributed by atoms with E-state index in [4.69, 9.17) is 0 Å². The molecule has 5 heteroatoms. The third-order valence-electron chi connectivity index (χ3n) is 3.93. The zero-order valence-electron chi connectivity index (χ0n) is 14.4. The fourth-order valence-corrected chi connectivity index (χ4v) is 3.34. The van der Waals surface area contributed by atoms with Gasteiger partial charge in [0.2, 0.25) is 0 Å². The molecule has 3 aromatic rings. The van der Waals surface area contributed by atoms with E-state index in [9.17, 15) is 4.79 Å². The molecule has 3 rings (SSSR count). The maximum atomic E-state index is 12.5. The molecule has 0 bridgehead atoms. The van der Waals surface area contributed by atoms with Crippen LogP contribution in [0.1, 0.15) is 28.7 Å². The summed E-state index contributed by atoms with van der Waals surface area (Å²) in [4.78, 5) is 17.8. The van der Waals surface area contributed by atoms with Crippen LogP contribution >= 0.6 is 11.8 Å². The Kier molecular flexibility index (Phi) is 5.56. The highest BCUT2D eigenvalue weighted by Crippen LogP contribution is 2.27. The molecule has 0 atom stereocenters. The fraction of sp³-hybridized carbons (Fsp3) is 0.200. The normalized spacial score (nSPS) is 10.6. The first-order valence-corrected chi connectivity index (χ1v) is 9.26. The smallest absolute Gasteiger partial charge is 0.255 e. The van der Waals surface area contributed by atoms with E-state index in [-0.39, 0.29) is 5.91 Å². The molecule has 0 aliphatic heterocycles. The second-order valence-corrected chi connectivity index (χ2v) is 6.99. The topological polar surface area (TPSA) is 46.9 Å². The van der Waals surface area contributed by atoms with Gasteiger partial charge in [0.1, 0.15) is 5.82 Å². The molecule has 0 saturated heterocycles. The first-order valence-electron chi connectivity index (χ1n) is 8.27. The van der Waals surface area contributed by atoms with Gasteiger partial charge in [0.05, 0.1) is 5.69 Å². The number of imidazole rings is 1. The van der Waals surface area contributed by atoms with Crippen LogP contribution < -0.4 is 5.32 Å². The van der Waals surface area contributed by atoms with Crippen molar-refractivity contribution < 1.29 is 4.79 Å². The Morgan fingerprint density at radius 3 is 2.60 bits per heavy atom. The van der Waals surface area contributed by atoms with E-state index < -0.39 is 0 Å². The van der Waals surface area contributed by atoms with E-state index >= 15 is 0 Å². The van der Waals surface area contributed by atoms with Gasteiger partial charge in [0.15, 0.2) is 0 Å². The Morgan fingerprint density at radius 2 is 1.92 bits per heavy atom. The standard InChI is InChI=1S/C20H21N3OS/c1-3-25-19-7-5-4-6-18(19)22-20(24)17-10-8-16(9-11-17)14-23-13-12-21-15(23)2/h4-13H,3,14H2,1-2H3,(H,22,24). The summed E-state index contributed by atoms with van der Waals surface area (Å²) < 4.78 is 2.08. The zero-order valence-corrected chi connectivity index (χ0v) is 15.2. The number of para-hydroxylation sites is 1. The van der Waals surface area contributed by atoms with Crippen LogP contribution in [0.3, 0.4) is 0 Å². The average molecular weight is 351 g/mol. The summed E-state index contributed by atoms with van der Waals surface area (Å²) in [5.41, 5.74) is 2.65. The van der Waals surface area contributed by atoms with Gasteiger partial charge < -0.3 is 9.88 Å². The van der Waals surface area contributed by atoms with Crippen LogP contribution in [0.5, 0.6) is 0 Å². The Hall–Kier alpha value is -2.53. The number of thioether (sulfide) groups is 1. The predicted octanol–water partition coefficient (Wildman–Crippen LogP) is 4.60. The number of aromatic nitrogens is 2. The van der Waals surface area contributed by atoms with Crippen LogP contribution in [0, 0.1) is 6.92 Å². The summed E-state index contributed by atoms with van der Waals surface area (Å²) in [7, 11) is 0. The van der Waals surface area contributed by atoms with Crippen molar-refractivity contribution in [1.82, 2.24) is 9.55 Å². The largest absolute Gasteiger partial charge is 0.331 e. The maximum absolute atomic E-state index is 12.5. The van der Waals surface area contributed by atoms with E-state index in [1.54, 1.807) is 18.0 Å². The van der Waals surface area contributed by atoms with E-state index in [0.29, 0.717) is 5.56 Å². The van der Waals surface area contributed by atoms with Gasteiger partial charge in [-0.2, -0.15) is 0 Å². The Morgan fingerprint density at radius 1 is 1.16 bits per heavy atom. The first kappa shape index (κ1) is 17.3. The van der Waals surface area contributed by atoms with Gasteiger partial charge in [0, 0.05) is 29.4 Å². The quantitative estimate of drug-likeness (QED) is 0.660. The Balaban J connectivity index is 1.70.